The monoisotopic (exact) mass is 245 g/mol. The molecule has 1 N–H and O–H groups in total. The lowest BCUT2D eigenvalue weighted by atomic mass is 10.2. The summed E-state index contributed by atoms with van der Waals surface area (Å²) in [5, 5.41) is 3.96. The van der Waals surface area contributed by atoms with Crippen molar-refractivity contribution in [1.82, 2.24) is 9.97 Å². The Morgan fingerprint density at radius 1 is 1.12 bits per heavy atom. The van der Waals surface area contributed by atoms with Crippen LogP contribution in [0.4, 0.5) is 5.95 Å². The molecule has 1 heterocycles. The SMILES string of the molecule is CNc1ncc(C)c(Sc2ccccc2C)n1. The van der Waals surface area contributed by atoms with E-state index in [1.807, 2.05) is 32.3 Å². The summed E-state index contributed by atoms with van der Waals surface area (Å²) in [6.07, 6.45) is 1.85. The highest BCUT2D eigenvalue weighted by molar-refractivity contribution is 7.99. The van der Waals surface area contributed by atoms with Gasteiger partial charge in [-0.1, -0.05) is 30.0 Å². The third-order valence-electron chi connectivity index (χ3n) is 2.45. The molecule has 1 aromatic heterocycles. The van der Waals surface area contributed by atoms with Crippen molar-refractivity contribution in [2.45, 2.75) is 23.8 Å². The normalized spacial score (nSPS) is 10.3. The van der Waals surface area contributed by atoms with E-state index in [9.17, 15) is 0 Å². The largest absolute Gasteiger partial charge is 0.357 e. The summed E-state index contributed by atoms with van der Waals surface area (Å²) in [6.45, 7) is 4.14. The van der Waals surface area contributed by atoms with E-state index < -0.39 is 0 Å². The zero-order valence-corrected chi connectivity index (χ0v) is 11.0. The standard InChI is InChI=1S/C13H15N3S/c1-9-6-4-5-7-11(9)17-12-10(2)8-15-13(14-3)16-12/h4-8H,1-3H3,(H,14,15,16). The fourth-order valence-corrected chi connectivity index (χ4v) is 2.36. The number of aromatic nitrogens is 2. The Balaban J connectivity index is 2.32. The topological polar surface area (TPSA) is 37.8 Å². The minimum absolute atomic E-state index is 0.659. The average Bonchev–Trinajstić information content (AvgIpc) is 2.35. The van der Waals surface area contributed by atoms with Gasteiger partial charge in [-0.05, 0) is 25.5 Å². The number of hydrogen-bond donors (Lipinski definition) is 1. The van der Waals surface area contributed by atoms with Gasteiger partial charge >= 0.3 is 0 Å². The number of anilines is 1. The van der Waals surface area contributed by atoms with Crippen molar-refractivity contribution in [1.29, 1.82) is 0 Å². The van der Waals surface area contributed by atoms with Crippen molar-refractivity contribution < 1.29 is 0 Å². The van der Waals surface area contributed by atoms with E-state index in [0.29, 0.717) is 5.95 Å². The van der Waals surface area contributed by atoms with Crippen LogP contribution in [-0.4, -0.2) is 17.0 Å². The van der Waals surface area contributed by atoms with Crippen LogP contribution in [-0.2, 0) is 0 Å². The third-order valence-corrected chi connectivity index (χ3v) is 3.73. The van der Waals surface area contributed by atoms with E-state index in [2.05, 4.69) is 34.3 Å². The number of hydrogen-bond acceptors (Lipinski definition) is 4. The predicted molar refractivity (Wildman–Crippen MR) is 71.6 cm³/mol. The summed E-state index contributed by atoms with van der Waals surface area (Å²) in [5.74, 6) is 0.659. The van der Waals surface area contributed by atoms with Gasteiger partial charge in [-0.3, -0.25) is 0 Å². The van der Waals surface area contributed by atoms with Gasteiger partial charge in [-0.2, -0.15) is 0 Å². The van der Waals surface area contributed by atoms with Crippen molar-refractivity contribution in [2.75, 3.05) is 12.4 Å². The van der Waals surface area contributed by atoms with E-state index in [4.69, 9.17) is 0 Å². The molecule has 0 aliphatic rings. The molecule has 4 heteroatoms. The first kappa shape index (κ1) is 11.9. The van der Waals surface area contributed by atoms with E-state index in [1.54, 1.807) is 11.8 Å². The van der Waals surface area contributed by atoms with Crippen LogP contribution in [0.25, 0.3) is 0 Å². The summed E-state index contributed by atoms with van der Waals surface area (Å²) in [5.41, 5.74) is 2.36. The maximum atomic E-state index is 4.47. The first-order valence-electron chi connectivity index (χ1n) is 5.45. The Labute approximate surface area is 106 Å². The summed E-state index contributed by atoms with van der Waals surface area (Å²) in [4.78, 5) is 9.89. The van der Waals surface area contributed by atoms with Gasteiger partial charge in [0, 0.05) is 23.7 Å². The van der Waals surface area contributed by atoms with Gasteiger partial charge in [-0.25, -0.2) is 9.97 Å². The fraction of sp³-hybridized carbons (Fsp3) is 0.231. The molecular formula is C13H15N3S. The predicted octanol–water partition coefficient (Wildman–Crippen LogP) is 3.29. The van der Waals surface area contributed by atoms with Gasteiger partial charge < -0.3 is 5.32 Å². The van der Waals surface area contributed by atoms with Crippen molar-refractivity contribution in [2.24, 2.45) is 0 Å². The first-order chi connectivity index (χ1) is 8.20. The molecule has 2 rings (SSSR count). The molecule has 2 aromatic rings. The van der Waals surface area contributed by atoms with Crippen molar-refractivity contribution in [3.8, 4) is 0 Å². The molecule has 0 radical (unpaired) electrons. The highest BCUT2D eigenvalue weighted by atomic mass is 32.2. The molecule has 0 amide bonds. The molecule has 0 aliphatic heterocycles. The van der Waals surface area contributed by atoms with Gasteiger partial charge in [0.25, 0.3) is 0 Å². The molecule has 0 fully saturated rings. The molecule has 0 atom stereocenters. The molecular weight excluding hydrogens is 230 g/mol. The first-order valence-corrected chi connectivity index (χ1v) is 6.27. The Hall–Kier alpha value is -1.55. The molecule has 0 saturated heterocycles. The van der Waals surface area contributed by atoms with Crippen molar-refractivity contribution >= 4 is 17.7 Å². The number of rotatable bonds is 3. The molecule has 0 saturated carbocycles. The minimum atomic E-state index is 0.659. The van der Waals surface area contributed by atoms with Gasteiger partial charge in [0.2, 0.25) is 5.95 Å². The van der Waals surface area contributed by atoms with Crippen molar-refractivity contribution in [3.05, 3.63) is 41.6 Å². The quantitative estimate of drug-likeness (QED) is 0.842. The van der Waals surface area contributed by atoms with Crippen LogP contribution >= 0.6 is 11.8 Å². The van der Waals surface area contributed by atoms with Gasteiger partial charge in [0.1, 0.15) is 5.03 Å². The summed E-state index contributed by atoms with van der Waals surface area (Å²) in [7, 11) is 1.83. The van der Waals surface area contributed by atoms with E-state index in [1.165, 1.54) is 10.5 Å². The second-order valence-corrected chi connectivity index (χ2v) is 4.83. The molecule has 0 aliphatic carbocycles. The van der Waals surface area contributed by atoms with E-state index >= 15 is 0 Å². The lowest BCUT2D eigenvalue weighted by molar-refractivity contribution is 1.00. The molecule has 1 aromatic carbocycles. The summed E-state index contributed by atoms with van der Waals surface area (Å²) < 4.78 is 0. The van der Waals surface area contributed by atoms with E-state index in [-0.39, 0.29) is 0 Å². The van der Waals surface area contributed by atoms with Crippen LogP contribution in [0.2, 0.25) is 0 Å². The van der Waals surface area contributed by atoms with Crippen molar-refractivity contribution in [3.63, 3.8) is 0 Å². The maximum absolute atomic E-state index is 4.47. The van der Waals surface area contributed by atoms with Crippen LogP contribution in [0.1, 0.15) is 11.1 Å². The van der Waals surface area contributed by atoms with Crippen LogP contribution in [0.3, 0.4) is 0 Å². The van der Waals surface area contributed by atoms with E-state index in [0.717, 1.165) is 10.6 Å². The molecule has 0 unspecified atom stereocenters. The smallest absolute Gasteiger partial charge is 0.223 e. The minimum Gasteiger partial charge on any atom is -0.357 e. The van der Waals surface area contributed by atoms with Gasteiger partial charge in [-0.15, -0.1) is 0 Å². The Kier molecular flexibility index (Phi) is 3.64. The van der Waals surface area contributed by atoms with Crippen LogP contribution < -0.4 is 5.32 Å². The second-order valence-electron chi connectivity index (χ2n) is 3.80. The molecule has 0 bridgehead atoms. The highest BCUT2D eigenvalue weighted by Gasteiger charge is 2.06. The average molecular weight is 245 g/mol. The number of aryl methyl sites for hydroxylation is 2. The molecule has 88 valence electrons. The summed E-state index contributed by atoms with van der Waals surface area (Å²) >= 11 is 1.68. The second kappa shape index (κ2) is 5.19. The number of nitrogens with zero attached hydrogens (tertiary/aromatic N) is 2. The Morgan fingerprint density at radius 3 is 2.59 bits per heavy atom. The molecule has 0 spiro atoms. The highest BCUT2D eigenvalue weighted by Crippen LogP contribution is 2.30. The number of nitrogens with one attached hydrogen (secondary N) is 1. The molecule has 17 heavy (non-hydrogen) atoms. The third kappa shape index (κ3) is 2.77. The zero-order valence-electron chi connectivity index (χ0n) is 10.2. The summed E-state index contributed by atoms with van der Waals surface area (Å²) in [6, 6.07) is 8.31. The van der Waals surface area contributed by atoms with Gasteiger partial charge in [0.05, 0.1) is 0 Å². The maximum Gasteiger partial charge on any atom is 0.223 e. The van der Waals surface area contributed by atoms with Gasteiger partial charge in [0.15, 0.2) is 0 Å². The molecule has 3 nitrogen and oxygen atoms in total. The van der Waals surface area contributed by atoms with Crippen LogP contribution in [0, 0.1) is 13.8 Å². The fourth-order valence-electron chi connectivity index (χ4n) is 1.43. The Bertz CT molecular complexity index is 526. The lowest BCUT2D eigenvalue weighted by Crippen LogP contribution is -1.98. The van der Waals surface area contributed by atoms with Crippen LogP contribution in [0.5, 0.6) is 0 Å². The lowest BCUT2D eigenvalue weighted by Gasteiger charge is -2.08. The number of benzene rings is 1. The van der Waals surface area contributed by atoms with Crippen LogP contribution in [0.15, 0.2) is 40.4 Å². The zero-order chi connectivity index (χ0) is 12.3. The Morgan fingerprint density at radius 2 is 1.88 bits per heavy atom.